The molecular formula is C18H24N2O5. The van der Waals surface area contributed by atoms with Crippen molar-refractivity contribution >= 4 is 17.6 Å². The Bertz CT molecular complexity index is 673. The van der Waals surface area contributed by atoms with Crippen molar-refractivity contribution in [2.24, 2.45) is 0 Å². The maximum atomic E-state index is 12.6. The van der Waals surface area contributed by atoms with Crippen molar-refractivity contribution in [2.45, 2.75) is 58.6 Å². The fraction of sp³-hybridized carbons (Fsp3) is 0.556. The minimum absolute atomic E-state index is 0.0719. The minimum Gasteiger partial charge on any atom is -0.449 e. The summed E-state index contributed by atoms with van der Waals surface area (Å²) in [4.78, 5) is 37.1. The van der Waals surface area contributed by atoms with Crippen molar-refractivity contribution in [3.8, 4) is 0 Å². The number of hydrogen-bond donors (Lipinski definition) is 0. The normalized spacial score (nSPS) is 18.5. The van der Waals surface area contributed by atoms with Gasteiger partial charge in [-0.3, -0.25) is 14.9 Å². The van der Waals surface area contributed by atoms with E-state index in [1.165, 1.54) is 18.2 Å². The van der Waals surface area contributed by atoms with Crippen LogP contribution < -0.4 is 0 Å². The Morgan fingerprint density at radius 2 is 2.12 bits per heavy atom. The molecule has 1 heterocycles. The van der Waals surface area contributed by atoms with Gasteiger partial charge in [-0.25, -0.2) is 4.79 Å². The molecule has 0 aliphatic carbocycles. The lowest BCUT2D eigenvalue weighted by Gasteiger charge is -2.36. The van der Waals surface area contributed by atoms with E-state index in [9.17, 15) is 19.7 Å². The number of nitrogens with zero attached hydrogens (tertiary/aromatic N) is 2. The molecule has 0 N–H and O–H groups in total. The van der Waals surface area contributed by atoms with Crippen LogP contribution in [0.2, 0.25) is 0 Å². The number of likely N-dealkylation sites (tertiary alicyclic amines) is 1. The van der Waals surface area contributed by atoms with Gasteiger partial charge in [0.25, 0.3) is 11.6 Å². The van der Waals surface area contributed by atoms with Gasteiger partial charge in [-0.05, 0) is 45.6 Å². The first-order valence-electron chi connectivity index (χ1n) is 8.61. The van der Waals surface area contributed by atoms with E-state index in [1.54, 1.807) is 18.7 Å². The topological polar surface area (TPSA) is 89.8 Å². The molecule has 1 aliphatic heterocycles. The summed E-state index contributed by atoms with van der Waals surface area (Å²) in [5.41, 5.74) is 0.392. The quantitative estimate of drug-likeness (QED) is 0.463. The molecule has 2 rings (SSSR count). The second-order valence-corrected chi connectivity index (χ2v) is 6.40. The standard InChI is InChI=1S/C18H24N2O5/c1-4-15-7-5-6-10-19(15)17(21)13(3)25-18(22)14-9-8-12(2)16(11-14)20(23)24/h8-9,11,13,15H,4-7,10H2,1-3H3. The molecule has 7 heteroatoms. The highest BCUT2D eigenvalue weighted by Gasteiger charge is 2.30. The van der Waals surface area contributed by atoms with Gasteiger partial charge in [0.1, 0.15) is 0 Å². The average molecular weight is 348 g/mol. The molecular weight excluding hydrogens is 324 g/mol. The van der Waals surface area contributed by atoms with E-state index >= 15 is 0 Å². The van der Waals surface area contributed by atoms with Gasteiger partial charge in [0, 0.05) is 24.2 Å². The SMILES string of the molecule is CCC1CCCCN1C(=O)C(C)OC(=O)c1ccc(C)c([N+](=O)[O-])c1. The van der Waals surface area contributed by atoms with Gasteiger partial charge in [-0.1, -0.05) is 13.0 Å². The Balaban J connectivity index is 2.08. The molecule has 1 aromatic carbocycles. The molecule has 7 nitrogen and oxygen atoms in total. The zero-order valence-electron chi connectivity index (χ0n) is 14.9. The van der Waals surface area contributed by atoms with Crippen LogP contribution >= 0.6 is 0 Å². The number of aryl methyl sites for hydroxylation is 1. The van der Waals surface area contributed by atoms with Crippen molar-refractivity contribution < 1.29 is 19.2 Å². The van der Waals surface area contributed by atoms with E-state index in [2.05, 4.69) is 0 Å². The first kappa shape index (κ1) is 18.9. The Morgan fingerprint density at radius 1 is 1.40 bits per heavy atom. The zero-order chi connectivity index (χ0) is 18.6. The van der Waals surface area contributed by atoms with E-state index in [0.29, 0.717) is 12.1 Å². The summed E-state index contributed by atoms with van der Waals surface area (Å²) in [5, 5.41) is 11.0. The van der Waals surface area contributed by atoms with Crippen molar-refractivity contribution in [3.05, 3.63) is 39.4 Å². The number of carbonyl (C=O) groups is 2. The van der Waals surface area contributed by atoms with Crippen molar-refractivity contribution in [2.75, 3.05) is 6.54 Å². The molecule has 136 valence electrons. The lowest BCUT2D eigenvalue weighted by Crippen LogP contribution is -2.48. The molecule has 1 aromatic rings. The number of nitro groups is 1. The van der Waals surface area contributed by atoms with Gasteiger partial charge in [0.2, 0.25) is 0 Å². The number of ether oxygens (including phenoxy) is 1. The van der Waals surface area contributed by atoms with Gasteiger partial charge >= 0.3 is 5.97 Å². The number of nitro benzene ring substituents is 1. The molecule has 0 aromatic heterocycles. The molecule has 0 saturated carbocycles. The first-order chi connectivity index (χ1) is 11.8. The van der Waals surface area contributed by atoms with Crippen LogP contribution in [0.25, 0.3) is 0 Å². The first-order valence-corrected chi connectivity index (χ1v) is 8.61. The molecule has 25 heavy (non-hydrogen) atoms. The van der Waals surface area contributed by atoms with E-state index in [0.717, 1.165) is 25.7 Å². The van der Waals surface area contributed by atoms with Crippen molar-refractivity contribution in [3.63, 3.8) is 0 Å². The Morgan fingerprint density at radius 3 is 2.76 bits per heavy atom. The largest absolute Gasteiger partial charge is 0.449 e. The maximum Gasteiger partial charge on any atom is 0.339 e. The second-order valence-electron chi connectivity index (χ2n) is 6.40. The molecule has 2 atom stereocenters. The maximum absolute atomic E-state index is 12.6. The van der Waals surface area contributed by atoms with Crippen molar-refractivity contribution in [1.29, 1.82) is 0 Å². The molecule has 2 unspecified atom stereocenters. The smallest absolute Gasteiger partial charge is 0.339 e. The number of amides is 1. The fourth-order valence-electron chi connectivity index (χ4n) is 3.16. The van der Waals surface area contributed by atoms with Crippen molar-refractivity contribution in [1.82, 2.24) is 4.90 Å². The van der Waals surface area contributed by atoms with Crippen LogP contribution in [0.1, 0.15) is 55.5 Å². The Kier molecular flexibility index (Phi) is 6.12. The predicted molar refractivity (Wildman–Crippen MR) is 92.4 cm³/mol. The minimum atomic E-state index is -0.917. The lowest BCUT2D eigenvalue weighted by atomic mass is 9.99. The summed E-state index contributed by atoms with van der Waals surface area (Å²) in [7, 11) is 0. The van der Waals surface area contributed by atoms with E-state index in [1.807, 2.05) is 6.92 Å². The van der Waals surface area contributed by atoms with Crippen LogP contribution in [0.3, 0.4) is 0 Å². The molecule has 0 spiro atoms. The van der Waals surface area contributed by atoms with Crippen LogP contribution in [0.5, 0.6) is 0 Å². The summed E-state index contributed by atoms with van der Waals surface area (Å²) in [6.07, 6.45) is 2.97. The number of piperidine rings is 1. The lowest BCUT2D eigenvalue weighted by molar-refractivity contribution is -0.385. The highest BCUT2D eigenvalue weighted by Crippen LogP contribution is 2.22. The molecule has 1 saturated heterocycles. The Hall–Kier alpha value is -2.44. The van der Waals surface area contributed by atoms with Crippen LogP contribution in [0, 0.1) is 17.0 Å². The van der Waals surface area contributed by atoms with E-state index in [-0.39, 0.29) is 23.2 Å². The summed E-state index contributed by atoms with van der Waals surface area (Å²) < 4.78 is 5.27. The second kappa shape index (κ2) is 8.09. The number of carbonyl (C=O) groups excluding carboxylic acids is 2. The van der Waals surface area contributed by atoms with Gasteiger partial charge in [0.15, 0.2) is 6.10 Å². The van der Waals surface area contributed by atoms with Crippen LogP contribution in [-0.4, -0.2) is 40.4 Å². The predicted octanol–water partition coefficient (Wildman–Crippen LogP) is 3.24. The average Bonchev–Trinajstić information content (AvgIpc) is 2.60. The fourth-order valence-corrected chi connectivity index (χ4v) is 3.16. The number of esters is 1. The highest BCUT2D eigenvalue weighted by atomic mass is 16.6. The Labute approximate surface area is 147 Å². The summed E-state index contributed by atoms with van der Waals surface area (Å²) >= 11 is 0. The molecule has 1 fully saturated rings. The van der Waals surface area contributed by atoms with Crippen LogP contribution in [-0.2, 0) is 9.53 Å². The van der Waals surface area contributed by atoms with Gasteiger partial charge in [-0.2, -0.15) is 0 Å². The summed E-state index contributed by atoms with van der Waals surface area (Å²) in [5.74, 6) is -0.935. The van der Waals surface area contributed by atoms with Crippen LogP contribution in [0.4, 0.5) is 5.69 Å². The third-order valence-electron chi connectivity index (χ3n) is 4.65. The zero-order valence-corrected chi connectivity index (χ0v) is 14.9. The summed E-state index contributed by atoms with van der Waals surface area (Å²) in [6.45, 7) is 5.86. The van der Waals surface area contributed by atoms with Gasteiger partial charge in [0.05, 0.1) is 10.5 Å². The number of rotatable bonds is 5. The molecule has 1 aliphatic rings. The van der Waals surface area contributed by atoms with Gasteiger partial charge < -0.3 is 9.64 Å². The van der Waals surface area contributed by atoms with E-state index in [4.69, 9.17) is 4.74 Å². The monoisotopic (exact) mass is 348 g/mol. The summed E-state index contributed by atoms with van der Waals surface area (Å²) in [6, 6.07) is 4.34. The molecule has 0 bridgehead atoms. The number of benzene rings is 1. The number of hydrogen-bond acceptors (Lipinski definition) is 5. The van der Waals surface area contributed by atoms with Crippen LogP contribution in [0.15, 0.2) is 18.2 Å². The van der Waals surface area contributed by atoms with Gasteiger partial charge in [-0.15, -0.1) is 0 Å². The van der Waals surface area contributed by atoms with E-state index < -0.39 is 17.0 Å². The third kappa shape index (κ3) is 4.35. The third-order valence-corrected chi connectivity index (χ3v) is 4.65. The molecule has 1 amide bonds. The molecule has 0 radical (unpaired) electrons. The highest BCUT2D eigenvalue weighted by molar-refractivity contribution is 5.93.